The second kappa shape index (κ2) is 6.70. The smallest absolute Gasteiger partial charge is 0.337 e. The Balaban J connectivity index is 2.25. The first-order valence-electron chi connectivity index (χ1n) is 7.38. The summed E-state index contributed by atoms with van der Waals surface area (Å²) in [5.74, 6) is -1.17. The zero-order valence-electron chi connectivity index (χ0n) is 13.3. The van der Waals surface area contributed by atoms with Gasteiger partial charge < -0.3 is 16.6 Å². The van der Waals surface area contributed by atoms with Gasteiger partial charge in [-0.2, -0.15) is 10.2 Å². The van der Waals surface area contributed by atoms with Gasteiger partial charge >= 0.3 is 5.97 Å². The molecule has 0 aliphatic carbocycles. The number of halogens is 1. The van der Waals surface area contributed by atoms with Crippen molar-refractivity contribution in [3.63, 3.8) is 0 Å². The van der Waals surface area contributed by atoms with Gasteiger partial charge in [0.1, 0.15) is 17.5 Å². The van der Waals surface area contributed by atoms with Gasteiger partial charge in [-0.25, -0.2) is 9.78 Å². The van der Waals surface area contributed by atoms with Crippen molar-refractivity contribution in [2.24, 2.45) is 0 Å². The number of carbonyl (C=O) groups is 1. The Morgan fingerprint density at radius 3 is 2.42 bits per heavy atom. The van der Waals surface area contributed by atoms with Crippen molar-refractivity contribution in [2.45, 2.75) is 0 Å². The van der Waals surface area contributed by atoms with Crippen LogP contribution in [0.3, 0.4) is 0 Å². The molecule has 26 heavy (non-hydrogen) atoms. The lowest BCUT2D eigenvalue weighted by Gasteiger charge is -2.12. The molecular formula is C18H12ClN5O2. The summed E-state index contributed by atoms with van der Waals surface area (Å²) in [4.78, 5) is 19.1. The van der Waals surface area contributed by atoms with Gasteiger partial charge in [0.2, 0.25) is 5.95 Å². The van der Waals surface area contributed by atoms with Crippen molar-refractivity contribution in [1.82, 2.24) is 9.97 Å². The topological polar surface area (TPSA) is 139 Å². The number of rotatable bonds is 3. The number of benzene rings is 2. The second-order valence-electron chi connectivity index (χ2n) is 5.35. The van der Waals surface area contributed by atoms with Crippen molar-refractivity contribution in [1.29, 1.82) is 5.26 Å². The van der Waals surface area contributed by atoms with Gasteiger partial charge in [-0.1, -0.05) is 41.9 Å². The highest BCUT2D eigenvalue weighted by Crippen LogP contribution is 2.35. The number of nitrogens with two attached hydrogens (primary N) is 2. The highest BCUT2D eigenvalue weighted by molar-refractivity contribution is 6.33. The summed E-state index contributed by atoms with van der Waals surface area (Å²) in [5.41, 5.74) is 13.9. The van der Waals surface area contributed by atoms with Gasteiger partial charge in [-0.3, -0.25) is 0 Å². The van der Waals surface area contributed by atoms with Gasteiger partial charge in [0, 0.05) is 5.56 Å². The summed E-state index contributed by atoms with van der Waals surface area (Å²) in [6.07, 6.45) is 0. The van der Waals surface area contributed by atoms with Gasteiger partial charge in [-0.15, -0.1) is 0 Å². The molecule has 5 N–H and O–H groups in total. The van der Waals surface area contributed by atoms with Gasteiger partial charge in [0.05, 0.1) is 16.3 Å². The second-order valence-corrected chi connectivity index (χ2v) is 5.76. The number of aromatic carboxylic acids is 1. The molecule has 0 saturated heterocycles. The first-order chi connectivity index (χ1) is 12.4. The fourth-order valence-electron chi connectivity index (χ4n) is 2.60. The molecular weight excluding hydrogens is 354 g/mol. The fourth-order valence-corrected chi connectivity index (χ4v) is 2.86. The predicted molar refractivity (Wildman–Crippen MR) is 98.4 cm³/mol. The molecule has 0 aliphatic heterocycles. The number of carboxylic acid groups (broad SMARTS) is 1. The zero-order valence-corrected chi connectivity index (χ0v) is 14.0. The molecule has 0 spiro atoms. The number of nitriles is 1. The molecule has 128 valence electrons. The molecule has 0 amide bonds. The van der Waals surface area contributed by atoms with Crippen LogP contribution in [0.1, 0.15) is 15.9 Å². The molecule has 3 rings (SSSR count). The monoisotopic (exact) mass is 365 g/mol. The van der Waals surface area contributed by atoms with Crippen LogP contribution in [0.15, 0.2) is 42.5 Å². The summed E-state index contributed by atoms with van der Waals surface area (Å²) < 4.78 is 0. The molecule has 1 heterocycles. The molecule has 3 aromatic rings. The lowest BCUT2D eigenvalue weighted by atomic mass is 9.95. The predicted octanol–water partition coefficient (Wildman–Crippen LogP) is 3.20. The van der Waals surface area contributed by atoms with E-state index in [-0.39, 0.29) is 27.9 Å². The van der Waals surface area contributed by atoms with Crippen LogP contribution in [0.2, 0.25) is 5.02 Å². The molecule has 2 aromatic carbocycles. The van der Waals surface area contributed by atoms with E-state index in [2.05, 4.69) is 9.97 Å². The lowest BCUT2D eigenvalue weighted by Crippen LogP contribution is -2.05. The van der Waals surface area contributed by atoms with Crippen molar-refractivity contribution >= 4 is 29.3 Å². The summed E-state index contributed by atoms with van der Waals surface area (Å²) in [7, 11) is 0. The molecule has 0 radical (unpaired) electrons. The normalized spacial score (nSPS) is 10.3. The number of hydrogen-bond acceptors (Lipinski definition) is 6. The SMILES string of the molecule is N#Cc1c(N)nc(N)nc1-c1ccccc1-c1ccc(C(=O)O)c(Cl)c1. The maximum Gasteiger partial charge on any atom is 0.337 e. The largest absolute Gasteiger partial charge is 0.478 e. The van der Waals surface area contributed by atoms with Crippen LogP contribution in [0.4, 0.5) is 11.8 Å². The number of nitrogens with zero attached hydrogens (tertiary/aromatic N) is 3. The standard InChI is InChI=1S/C18H12ClN5O2/c19-14-7-9(5-6-12(14)17(25)26)10-3-1-2-4-11(10)15-13(8-20)16(21)24-18(22)23-15/h1-7H,(H,25,26)(H4,21,22,23,24). The molecule has 0 bridgehead atoms. The molecule has 0 unspecified atom stereocenters. The van der Waals surface area contributed by atoms with E-state index in [9.17, 15) is 10.1 Å². The molecule has 0 fully saturated rings. The maximum absolute atomic E-state index is 11.2. The Kier molecular flexibility index (Phi) is 4.43. The van der Waals surface area contributed by atoms with Crippen LogP contribution in [0.5, 0.6) is 0 Å². The van der Waals surface area contributed by atoms with Crippen LogP contribution >= 0.6 is 11.6 Å². The van der Waals surface area contributed by atoms with Crippen molar-refractivity contribution < 1.29 is 9.90 Å². The van der Waals surface area contributed by atoms with Crippen molar-refractivity contribution in [3.8, 4) is 28.5 Å². The number of aromatic nitrogens is 2. The van der Waals surface area contributed by atoms with E-state index >= 15 is 0 Å². The average Bonchev–Trinajstić information content (AvgIpc) is 2.60. The van der Waals surface area contributed by atoms with E-state index < -0.39 is 5.97 Å². The summed E-state index contributed by atoms with van der Waals surface area (Å²) in [6, 6.07) is 13.7. The Hall–Kier alpha value is -3.63. The number of nitrogen functional groups attached to an aromatic ring is 2. The van der Waals surface area contributed by atoms with Crippen molar-refractivity contribution in [3.05, 3.63) is 58.6 Å². The Morgan fingerprint density at radius 2 is 1.81 bits per heavy atom. The average molecular weight is 366 g/mol. The minimum absolute atomic E-state index is 0.00105. The fraction of sp³-hybridized carbons (Fsp3) is 0. The summed E-state index contributed by atoms with van der Waals surface area (Å²) in [5, 5.41) is 18.6. The van der Waals surface area contributed by atoms with E-state index in [0.717, 1.165) is 0 Å². The number of hydrogen-bond donors (Lipinski definition) is 3. The molecule has 7 nitrogen and oxygen atoms in total. The Labute approximate surface area is 153 Å². The number of anilines is 2. The maximum atomic E-state index is 11.2. The molecule has 0 saturated carbocycles. The summed E-state index contributed by atoms with van der Waals surface area (Å²) in [6.45, 7) is 0. The van der Waals surface area contributed by atoms with Crippen LogP contribution in [0, 0.1) is 11.3 Å². The highest BCUT2D eigenvalue weighted by atomic mass is 35.5. The third-order valence-electron chi connectivity index (χ3n) is 3.76. The lowest BCUT2D eigenvalue weighted by molar-refractivity contribution is 0.0697. The first-order valence-corrected chi connectivity index (χ1v) is 7.76. The quantitative estimate of drug-likeness (QED) is 0.647. The Morgan fingerprint density at radius 1 is 1.12 bits per heavy atom. The van der Waals surface area contributed by atoms with E-state index in [1.165, 1.54) is 6.07 Å². The van der Waals surface area contributed by atoms with Gasteiger partial charge in [0.15, 0.2) is 0 Å². The van der Waals surface area contributed by atoms with E-state index in [1.54, 1.807) is 36.4 Å². The number of carboxylic acids is 1. The van der Waals surface area contributed by atoms with Crippen LogP contribution in [0.25, 0.3) is 22.4 Å². The minimum Gasteiger partial charge on any atom is -0.478 e. The third-order valence-corrected chi connectivity index (χ3v) is 4.07. The minimum atomic E-state index is -1.11. The molecule has 1 aromatic heterocycles. The highest BCUT2D eigenvalue weighted by Gasteiger charge is 2.18. The van der Waals surface area contributed by atoms with E-state index in [1.807, 2.05) is 6.07 Å². The van der Waals surface area contributed by atoms with Crippen LogP contribution in [-0.2, 0) is 0 Å². The van der Waals surface area contributed by atoms with Gasteiger partial charge in [0.25, 0.3) is 0 Å². The van der Waals surface area contributed by atoms with Crippen molar-refractivity contribution in [2.75, 3.05) is 11.5 Å². The van der Waals surface area contributed by atoms with Crippen LogP contribution < -0.4 is 11.5 Å². The molecule has 8 heteroatoms. The third kappa shape index (κ3) is 3.01. The first kappa shape index (κ1) is 17.2. The van der Waals surface area contributed by atoms with Gasteiger partial charge in [-0.05, 0) is 23.3 Å². The summed E-state index contributed by atoms with van der Waals surface area (Å²) >= 11 is 6.08. The molecule has 0 aliphatic rings. The van der Waals surface area contributed by atoms with E-state index in [0.29, 0.717) is 22.4 Å². The zero-order chi connectivity index (χ0) is 18.8. The van der Waals surface area contributed by atoms with Crippen LogP contribution in [-0.4, -0.2) is 21.0 Å². The molecule has 0 atom stereocenters. The van der Waals surface area contributed by atoms with E-state index in [4.69, 9.17) is 28.2 Å². The Bertz CT molecular complexity index is 1080.